The predicted octanol–water partition coefficient (Wildman–Crippen LogP) is 2.02. The van der Waals surface area contributed by atoms with Gasteiger partial charge in [-0.3, -0.25) is 18.8 Å². The predicted molar refractivity (Wildman–Crippen MR) is 114 cm³/mol. The Balaban J connectivity index is 1.86. The molecule has 0 unspecified atom stereocenters. The van der Waals surface area contributed by atoms with Gasteiger partial charge in [0.05, 0.1) is 6.54 Å². The number of hydrogen-bond donors (Lipinski definition) is 0. The number of likely N-dealkylation sites (tertiary alicyclic amines) is 1. The molecule has 154 valence electrons. The first kappa shape index (κ1) is 19.6. The van der Waals surface area contributed by atoms with Crippen molar-refractivity contribution in [3.8, 4) is 0 Å². The third kappa shape index (κ3) is 3.67. The molecule has 0 saturated carbocycles. The van der Waals surface area contributed by atoms with Crippen LogP contribution < -0.4 is 11.2 Å². The fraction of sp³-hybridized carbons (Fsp3) is 0.500. The van der Waals surface area contributed by atoms with E-state index in [2.05, 4.69) is 36.9 Å². The fourth-order valence-corrected chi connectivity index (χ4v) is 4.41. The molecule has 1 aromatic carbocycles. The fourth-order valence-electron chi connectivity index (χ4n) is 4.41. The third-order valence-corrected chi connectivity index (χ3v) is 5.96. The molecule has 1 fully saturated rings. The van der Waals surface area contributed by atoms with E-state index in [1.165, 1.54) is 34.6 Å². The summed E-state index contributed by atoms with van der Waals surface area (Å²) in [6.07, 6.45) is 2.44. The smallest absolute Gasteiger partial charge is 0.317 e. The highest BCUT2D eigenvalue weighted by molar-refractivity contribution is 5.71. The van der Waals surface area contributed by atoms with Crippen LogP contribution in [0.3, 0.4) is 0 Å². The molecule has 2 aromatic heterocycles. The van der Waals surface area contributed by atoms with E-state index in [1.54, 1.807) is 7.05 Å². The molecule has 7 nitrogen and oxygen atoms in total. The van der Waals surface area contributed by atoms with Crippen molar-refractivity contribution in [2.75, 3.05) is 13.1 Å². The van der Waals surface area contributed by atoms with Crippen molar-refractivity contribution in [1.82, 2.24) is 23.6 Å². The molecule has 1 atom stereocenters. The van der Waals surface area contributed by atoms with Crippen molar-refractivity contribution in [2.24, 2.45) is 20.0 Å². The van der Waals surface area contributed by atoms with Crippen LogP contribution in [0.15, 0.2) is 33.9 Å². The van der Waals surface area contributed by atoms with E-state index in [-0.39, 0.29) is 11.2 Å². The Morgan fingerprint density at radius 2 is 1.93 bits per heavy atom. The minimum Gasteiger partial charge on any atom is -0.317 e. The summed E-state index contributed by atoms with van der Waals surface area (Å²) >= 11 is 0. The maximum atomic E-state index is 13.0. The van der Waals surface area contributed by atoms with Crippen LogP contribution in [-0.4, -0.2) is 36.7 Å². The van der Waals surface area contributed by atoms with Gasteiger partial charge in [-0.2, -0.15) is 0 Å². The van der Waals surface area contributed by atoms with Crippen LogP contribution in [0.1, 0.15) is 36.7 Å². The average Bonchev–Trinajstić information content (AvgIpc) is 3.03. The van der Waals surface area contributed by atoms with Crippen molar-refractivity contribution >= 4 is 11.2 Å². The first-order valence-corrected chi connectivity index (χ1v) is 10.3. The molecule has 0 radical (unpaired) electrons. The lowest BCUT2D eigenvalue weighted by molar-refractivity contribution is 0.171. The summed E-state index contributed by atoms with van der Waals surface area (Å²) in [5.41, 5.74) is 2.62. The zero-order chi connectivity index (χ0) is 20.7. The summed E-state index contributed by atoms with van der Waals surface area (Å²) in [4.78, 5) is 32.6. The van der Waals surface area contributed by atoms with Crippen molar-refractivity contribution in [3.05, 3.63) is 62.1 Å². The molecule has 7 heteroatoms. The van der Waals surface area contributed by atoms with E-state index in [0.717, 1.165) is 24.5 Å². The van der Waals surface area contributed by atoms with Gasteiger partial charge in [-0.15, -0.1) is 0 Å². The highest BCUT2D eigenvalue weighted by Gasteiger charge is 2.23. The van der Waals surface area contributed by atoms with Crippen LogP contribution in [0.25, 0.3) is 11.2 Å². The molecule has 0 aliphatic carbocycles. The minimum atomic E-state index is -0.346. The number of rotatable bonds is 4. The number of benzene rings is 1. The summed E-state index contributed by atoms with van der Waals surface area (Å²) < 4.78 is 4.65. The van der Waals surface area contributed by atoms with Gasteiger partial charge in [0.1, 0.15) is 5.82 Å². The lowest BCUT2D eigenvalue weighted by Crippen LogP contribution is -2.37. The summed E-state index contributed by atoms with van der Waals surface area (Å²) in [5, 5.41) is 0. The third-order valence-electron chi connectivity index (χ3n) is 5.96. The van der Waals surface area contributed by atoms with Crippen molar-refractivity contribution < 1.29 is 0 Å². The Morgan fingerprint density at radius 1 is 1.14 bits per heavy atom. The topological polar surface area (TPSA) is 65.1 Å². The first-order chi connectivity index (χ1) is 13.8. The second-order valence-corrected chi connectivity index (χ2v) is 8.46. The summed E-state index contributed by atoms with van der Waals surface area (Å²) in [7, 11) is 3.21. The van der Waals surface area contributed by atoms with Gasteiger partial charge in [-0.05, 0) is 37.8 Å². The van der Waals surface area contributed by atoms with Crippen molar-refractivity contribution in [2.45, 2.75) is 39.8 Å². The molecule has 3 aromatic rings. The minimum absolute atomic E-state index is 0.290. The Kier molecular flexibility index (Phi) is 5.17. The summed E-state index contributed by atoms with van der Waals surface area (Å²) in [5.74, 6) is 1.50. The van der Waals surface area contributed by atoms with Gasteiger partial charge in [0.25, 0.3) is 5.56 Å². The normalized spacial score (nSPS) is 17.9. The number of aryl methyl sites for hydroxylation is 2. The molecular weight excluding hydrogens is 366 g/mol. The van der Waals surface area contributed by atoms with E-state index >= 15 is 0 Å². The van der Waals surface area contributed by atoms with Crippen LogP contribution in [0.5, 0.6) is 0 Å². The number of aromatic nitrogens is 4. The summed E-state index contributed by atoms with van der Waals surface area (Å²) in [6, 6.07) is 8.29. The Labute approximate surface area is 170 Å². The number of hydrogen-bond acceptors (Lipinski definition) is 4. The molecule has 29 heavy (non-hydrogen) atoms. The first-order valence-electron chi connectivity index (χ1n) is 10.3. The molecule has 0 amide bonds. The van der Waals surface area contributed by atoms with Gasteiger partial charge in [0, 0.05) is 27.2 Å². The van der Waals surface area contributed by atoms with Gasteiger partial charge < -0.3 is 4.57 Å². The Bertz CT molecular complexity index is 1170. The number of nitrogens with zero attached hydrogens (tertiary/aromatic N) is 5. The zero-order valence-electron chi connectivity index (χ0n) is 17.7. The van der Waals surface area contributed by atoms with Crippen LogP contribution in [0, 0.1) is 12.8 Å². The summed E-state index contributed by atoms with van der Waals surface area (Å²) in [6.45, 7) is 7.65. The van der Waals surface area contributed by atoms with Crippen molar-refractivity contribution in [1.29, 1.82) is 0 Å². The lowest BCUT2D eigenvalue weighted by Gasteiger charge is -2.30. The van der Waals surface area contributed by atoms with Gasteiger partial charge >= 0.3 is 5.69 Å². The van der Waals surface area contributed by atoms with Crippen molar-refractivity contribution in [3.63, 3.8) is 0 Å². The second kappa shape index (κ2) is 7.63. The van der Waals surface area contributed by atoms with E-state index in [0.29, 0.717) is 30.2 Å². The Hall–Kier alpha value is -2.67. The number of fused-ring (bicyclic) bond motifs is 1. The van der Waals surface area contributed by atoms with Crippen LogP contribution in [0.4, 0.5) is 0 Å². The van der Waals surface area contributed by atoms with Crippen LogP contribution in [0.2, 0.25) is 0 Å². The highest BCUT2D eigenvalue weighted by atomic mass is 16.2. The van der Waals surface area contributed by atoms with Gasteiger partial charge in [-0.1, -0.05) is 36.8 Å². The largest absolute Gasteiger partial charge is 0.332 e. The van der Waals surface area contributed by atoms with E-state index < -0.39 is 0 Å². The van der Waals surface area contributed by atoms with Crippen LogP contribution >= 0.6 is 0 Å². The van der Waals surface area contributed by atoms with E-state index in [1.807, 2.05) is 10.6 Å². The molecule has 0 bridgehead atoms. The maximum Gasteiger partial charge on any atom is 0.332 e. The second-order valence-electron chi connectivity index (χ2n) is 8.46. The van der Waals surface area contributed by atoms with E-state index in [9.17, 15) is 9.59 Å². The van der Waals surface area contributed by atoms with Gasteiger partial charge in [-0.25, -0.2) is 9.78 Å². The Morgan fingerprint density at radius 3 is 2.66 bits per heavy atom. The maximum absolute atomic E-state index is 13.0. The zero-order valence-corrected chi connectivity index (χ0v) is 17.7. The molecule has 1 aliphatic heterocycles. The molecule has 3 heterocycles. The number of imidazole rings is 1. The molecule has 1 aliphatic rings. The van der Waals surface area contributed by atoms with Gasteiger partial charge in [0.2, 0.25) is 0 Å². The quantitative estimate of drug-likeness (QED) is 0.678. The highest BCUT2D eigenvalue weighted by Crippen LogP contribution is 2.20. The standard InChI is InChI=1S/C22H29N5O2/c1-15-7-5-9-17(11-15)13-27-18(14-26-10-6-8-16(2)12-26)23-20-19(27)21(28)25(4)22(29)24(20)3/h5,7,9,11,16H,6,8,10,12-14H2,1-4H3/t16-/m0/s1. The number of piperidine rings is 1. The lowest BCUT2D eigenvalue weighted by atomic mass is 10.0. The molecule has 0 spiro atoms. The van der Waals surface area contributed by atoms with Gasteiger partial charge in [0.15, 0.2) is 11.2 Å². The molecule has 0 N–H and O–H groups in total. The monoisotopic (exact) mass is 395 g/mol. The molecule has 4 rings (SSSR count). The SMILES string of the molecule is Cc1cccc(Cn2c(CN3CCC[C@H](C)C3)nc3c2c(=O)n(C)c(=O)n3C)c1. The van der Waals surface area contributed by atoms with Crippen LogP contribution in [-0.2, 0) is 27.2 Å². The van der Waals surface area contributed by atoms with E-state index in [4.69, 9.17) is 4.98 Å². The molecular formula is C22H29N5O2. The average molecular weight is 396 g/mol. The molecule has 1 saturated heterocycles.